The molecule has 0 saturated carbocycles. The smallest absolute Gasteiger partial charge is 0.317 e. The maximum atomic E-state index is 10.7. The van der Waals surface area contributed by atoms with Crippen LogP contribution in [0.25, 0.3) is 0 Å². The molecule has 0 aliphatic carbocycles. The van der Waals surface area contributed by atoms with E-state index < -0.39 is 5.91 Å². The van der Waals surface area contributed by atoms with Crippen LogP contribution in [0, 0.1) is 0 Å². The summed E-state index contributed by atoms with van der Waals surface area (Å²) in [6.45, 7) is 0. The quantitative estimate of drug-likeness (QED) is 0.446. The Morgan fingerprint density at radius 2 is 2.25 bits per heavy atom. The number of amides is 1. The van der Waals surface area contributed by atoms with Gasteiger partial charge in [-0.05, 0) is 6.07 Å². The summed E-state index contributed by atoms with van der Waals surface area (Å²) < 4.78 is 1.47. The summed E-state index contributed by atoms with van der Waals surface area (Å²) in [6, 6.07) is 3.04. The maximum Gasteiger partial charge on any atom is 0.317 e. The summed E-state index contributed by atoms with van der Waals surface area (Å²) in [5.41, 5.74) is 5.11. The third-order valence-corrected chi connectivity index (χ3v) is 1.39. The molecule has 0 radical (unpaired) electrons. The molecule has 1 aromatic heterocycles. The lowest BCUT2D eigenvalue weighted by Gasteiger charge is -1.95. The number of aryl methyl sites for hydroxylation is 1. The average molecular weight is 189 g/mol. The second-order valence-corrected chi connectivity index (χ2v) is 2.22. The molecule has 1 heterocycles. The van der Waals surface area contributed by atoms with Crippen LogP contribution in [0.4, 0.5) is 0 Å². The molecular formula is C7H9ClN2O2. The molecule has 1 rings (SSSR count). The maximum absolute atomic E-state index is 10.7. The lowest BCUT2D eigenvalue weighted by molar-refractivity contribution is -0.673. The topological polar surface area (TPSA) is 67.2 Å². The minimum Gasteiger partial charge on any atom is -1.00 e. The molecule has 0 aromatic carbocycles. The van der Waals surface area contributed by atoms with E-state index in [0.29, 0.717) is 0 Å². The number of pyridine rings is 1. The predicted octanol–water partition coefficient (Wildman–Crippen LogP) is -3.68. The van der Waals surface area contributed by atoms with Crippen LogP contribution in [0.1, 0.15) is 10.5 Å². The Bertz CT molecular complexity index is 281. The summed E-state index contributed by atoms with van der Waals surface area (Å²) in [7, 11) is 1.64. The standard InChI is InChI=1S/C7H8N2O2.ClH/c1-9-4-2-3-5(10)6(9)7(8)11;/h2-4H,1H3,(H2-,8,10,11);1H. The summed E-state index contributed by atoms with van der Waals surface area (Å²) in [5, 5.41) is 9.14. The van der Waals surface area contributed by atoms with Crippen LogP contribution in [0.3, 0.4) is 0 Å². The number of rotatable bonds is 1. The van der Waals surface area contributed by atoms with E-state index in [9.17, 15) is 4.79 Å². The first kappa shape index (κ1) is 10.7. The van der Waals surface area contributed by atoms with Crippen molar-refractivity contribution in [3.05, 3.63) is 24.0 Å². The van der Waals surface area contributed by atoms with E-state index in [0.717, 1.165) is 0 Å². The van der Waals surface area contributed by atoms with Crippen molar-refractivity contribution in [3.8, 4) is 5.75 Å². The second-order valence-electron chi connectivity index (χ2n) is 2.22. The van der Waals surface area contributed by atoms with E-state index >= 15 is 0 Å². The van der Waals surface area contributed by atoms with Gasteiger partial charge in [0.15, 0.2) is 11.9 Å². The highest BCUT2D eigenvalue weighted by Gasteiger charge is 2.17. The number of hydrogen-bond acceptors (Lipinski definition) is 2. The van der Waals surface area contributed by atoms with Gasteiger partial charge in [0.1, 0.15) is 7.05 Å². The highest BCUT2D eigenvalue weighted by Crippen LogP contribution is 2.08. The third-order valence-electron chi connectivity index (χ3n) is 1.39. The van der Waals surface area contributed by atoms with Crippen LogP contribution in [0.5, 0.6) is 5.75 Å². The van der Waals surface area contributed by atoms with Crippen LogP contribution in [0.2, 0.25) is 0 Å². The zero-order valence-electron chi connectivity index (χ0n) is 6.49. The molecule has 1 amide bonds. The van der Waals surface area contributed by atoms with Gasteiger partial charge in [-0.2, -0.15) is 4.57 Å². The van der Waals surface area contributed by atoms with Crippen LogP contribution in [0.15, 0.2) is 18.3 Å². The van der Waals surface area contributed by atoms with Crippen molar-refractivity contribution >= 4 is 5.91 Å². The first-order valence-corrected chi connectivity index (χ1v) is 3.10. The Labute approximate surface area is 76.0 Å². The molecule has 5 heteroatoms. The first-order valence-electron chi connectivity index (χ1n) is 3.10. The first-order chi connectivity index (χ1) is 5.13. The van der Waals surface area contributed by atoms with E-state index in [2.05, 4.69) is 0 Å². The van der Waals surface area contributed by atoms with E-state index in [-0.39, 0.29) is 23.9 Å². The summed E-state index contributed by atoms with van der Waals surface area (Å²) >= 11 is 0. The Hall–Kier alpha value is -1.29. The molecular weight excluding hydrogens is 180 g/mol. The molecule has 0 fully saturated rings. The molecule has 3 N–H and O–H groups in total. The summed E-state index contributed by atoms with van der Waals surface area (Å²) in [5.74, 6) is -0.729. The fourth-order valence-corrected chi connectivity index (χ4v) is 0.897. The molecule has 0 aliphatic rings. The molecule has 0 atom stereocenters. The number of aromatic hydroxyl groups is 1. The minimum atomic E-state index is -0.634. The van der Waals surface area contributed by atoms with Crippen molar-refractivity contribution in [1.29, 1.82) is 0 Å². The molecule has 0 aliphatic heterocycles. The largest absolute Gasteiger partial charge is 1.00 e. The Morgan fingerprint density at radius 1 is 1.67 bits per heavy atom. The van der Waals surface area contributed by atoms with Crippen molar-refractivity contribution in [2.24, 2.45) is 12.8 Å². The lowest BCUT2D eigenvalue weighted by Crippen LogP contribution is -3.00. The van der Waals surface area contributed by atoms with Gasteiger partial charge in [-0.25, -0.2) is 0 Å². The van der Waals surface area contributed by atoms with Gasteiger partial charge in [-0.1, -0.05) is 0 Å². The predicted molar refractivity (Wildman–Crippen MR) is 37.8 cm³/mol. The summed E-state index contributed by atoms with van der Waals surface area (Å²) in [4.78, 5) is 10.7. The summed E-state index contributed by atoms with van der Waals surface area (Å²) in [6.07, 6.45) is 1.64. The number of carbonyl (C=O) groups excluding carboxylic acids is 1. The normalized spacial score (nSPS) is 8.75. The van der Waals surface area contributed by atoms with E-state index in [4.69, 9.17) is 10.8 Å². The Kier molecular flexibility index (Phi) is 3.50. The van der Waals surface area contributed by atoms with Crippen molar-refractivity contribution < 1.29 is 26.9 Å². The van der Waals surface area contributed by atoms with Gasteiger partial charge in [-0.15, -0.1) is 0 Å². The molecule has 0 unspecified atom stereocenters. The molecule has 0 saturated heterocycles. The van der Waals surface area contributed by atoms with Gasteiger partial charge < -0.3 is 23.2 Å². The van der Waals surface area contributed by atoms with Crippen molar-refractivity contribution in [3.63, 3.8) is 0 Å². The monoisotopic (exact) mass is 188 g/mol. The number of primary amides is 1. The van der Waals surface area contributed by atoms with Crippen LogP contribution < -0.4 is 22.7 Å². The third kappa shape index (κ3) is 1.85. The average Bonchev–Trinajstić information content (AvgIpc) is 1.85. The minimum absolute atomic E-state index is 0. The van der Waals surface area contributed by atoms with Crippen LogP contribution >= 0.6 is 0 Å². The SMILES string of the molecule is C[n+]1cccc(O)c1C(N)=O.[Cl-]. The van der Waals surface area contributed by atoms with Gasteiger partial charge in [0, 0.05) is 6.07 Å². The molecule has 12 heavy (non-hydrogen) atoms. The van der Waals surface area contributed by atoms with Crippen LogP contribution in [-0.4, -0.2) is 11.0 Å². The lowest BCUT2D eigenvalue weighted by atomic mass is 10.3. The van der Waals surface area contributed by atoms with E-state index in [1.54, 1.807) is 19.3 Å². The van der Waals surface area contributed by atoms with Gasteiger partial charge >= 0.3 is 11.6 Å². The fraction of sp³-hybridized carbons (Fsp3) is 0.143. The van der Waals surface area contributed by atoms with Gasteiger partial charge in [0.25, 0.3) is 0 Å². The van der Waals surface area contributed by atoms with Gasteiger partial charge in [0.05, 0.1) is 0 Å². The van der Waals surface area contributed by atoms with Gasteiger partial charge in [0.2, 0.25) is 0 Å². The zero-order chi connectivity index (χ0) is 8.43. The number of carbonyl (C=O) groups is 1. The zero-order valence-corrected chi connectivity index (χ0v) is 7.25. The molecule has 66 valence electrons. The Morgan fingerprint density at radius 3 is 2.58 bits per heavy atom. The van der Waals surface area contributed by atoms with E-state index in [1.807, 2.05) is 0 Å². The van der Waals surface area contributed by atoms with Crippen molar-refractivity contribution in [1.82, 2.24) is 0 Å². The number of halogens is 1. The highest BCUT2D eigenvalue weighted by atomic mass is 35.5. The molecule has 0 spiro atoms. The van der Waals surface area contributed by atoms with Gasteiger partial charge in [-0.3, -0.25) is 4.79 Å². The molecule has 4 nitrogen and oxygen atoms in total. The van der Waals surface area contributed by atoms with Crippen molar-refractivity contribution in [2.45, 2.75) is 0 Å². The highest BCUT2D eigenvalue weighted by molar-refractivity contribution is 5.91. The number of hydrogen-bond donors (Lipinski definition) is 2. The number of nitrogens with two attached hydrogens (primary N) is 1. The van der Waals surface area contributed by atoms with Crippen LogP contribution in [-0.2, 0) is 7.05 Å². The molecule has 0 bridgehead atoms. The van der Waals surface area contributed by atoms with Crippen molar-refractivity contribution in [2.75, 3.05) is 0 Å². The fourth-order valence-electron chi connectivity index (χ4n) is 0.897. The number of aromatic nitrogens is 1. The molecule has 1 aromatic rings. The Balaban J connectivity index is 0.00000121. The number of nitrogens with zero attached hydrogens (tertiary/aromatic N) is 1. The van der Waals surface area contributed by atoms with E-state index in [1.165, 1.54) is 10.6 Å². The second kappa shape index (κ2) is 3.92.